The van der Waals surface area contributed by atoms with Gasteiger partial charge in [0.2, 0.25) is 0 Å². The van der Waals surface area contributed by atoms with Crippen LogP contribution in [0.1, 0.15) is 10.4 Å². The van der Waals surface area contributed by atoms with Gasteiger partial charge in [0.1, 0.15) is 5.82 Å². The third-order valence-electron chi connectivity index (χ3n) is 4.26. The third kappa shape index (κ3) is 3.80. The largest absolute Gasteiger partial charge is 0.478 e. The Balaban J connectivity index is 1.71. The summed E-state index contributed by atoms with van der Waals surface area (Å²) in [6.45, 7) is 0. The molecule has 0 radical (unpaired) electrons. The van der Waals surface area contributed by atoms with Gasteiger partial charge in [-0.3, -0.25) is 4.72 Å². The number of aromatic carboxylic acids is 1. The Hall–Kier alpha value is -3.36. The second-order valence-corrected chi connectivity index (χ2v) is 8.35. The van der Waals surface area contributed by atoms with Crippen molar-refractivity contribution in [1.29, 1.82) is 0 Å². The number of carboxylic acid groups (broad SMARTS) is 1. The monoisotopic (exact) mass is 427 g/mol. The van der Waals surface area contributed by atoms with Gasteiger partial charge in [-0.15, -0.1) is 0 Å². The zero-order valence-corrected chi connectivity index (χ0v) is 16.3. The van der Waals surface area contributed by atoms with Crippen LogP contribution in [0.25, 0.3) is 22.4 Å². The van der Waals surface area contributed by atoms with Gasteiger partial charge in [0.25, 0.3) is 10.0 Å². The first-order valence-corrected chi connectivity index (χ1v) is 10.3. The Morgan fingerprint density at radius 3 is 2.62 bits per heavy atom. The molecule has 1 heterocycles. The van der Waals surface area contributed by atoms with Crippen molar-refractivity contribution in [1.82, 2.24) is 9.97 Å². The summed E-state index contributed by atoms with van der Waals surface area (Å²) in [5.41, 5.74) is 1.84. The van der Waals surface area contributed by atoms with Crippen molar-refractivity contribution in [2.75, 3.05) is 4.72 Å². The van der Waals surface area contributed by atoms with Crippen molar-refractivity contribution in [2.24, 2.45) is 0 Å². The lowest BCUT2D eigenvalue weighted by molar-refractivity contribution is 0.0698. The second-order valence-electron chi connectivity index (χ2n) is 6.23. The average molecular weight is 428 g/mol. The summed E-state index contributed by atoms with van der Waals surface area (Å²) in [5.74, 6) is -0.733. The lowest BCUT2D eigenvalue weighted by Gasteiger charge is -2.11. The summed E-state index contributed by atoms with van der Waals surface area (Å²) >= 11 is 5.99. The number of halogens is 1. The van der Waals surface area contributed by atoms with Crippen molar-refractivity contribution in [3.63, 3.8) is 0 Å². The molecule has 0 unspecified atom stereocenters. The Morgan fingerprint density at radius 1 is 1.03 bits per heavy atom. The van der Waals surface area contributed by atoms with Crippen molar-refractivity contribution in [3.8, 4) is 11.4 Å². The fourth-order valence-electron chi connectivity index (χ4n) is 2.89. The highest BCUT2D eigenvalue weighted by Gasteiger charge is 2.19. The molecule has 0 saturated carbocycles. The van der Waals surface area contributed by atoms with E-state index in [0.29, 0.717) is 21.9 Å². The predicted octanol–water partition coefficient (Wildman–Crippen LogP) is 4.38. The number of fused-ring (bicyclic) bond motifs is 1. The number of aromatic amines is 1. The van der Waals surface area contributed by atoms with Gasteiger partial charge in [0.05, 0.1) is 27.2 Å². The minimum atomic E-state index is -4.01. The molecule has 0 aliphatic heterocycles. The summed E-state index contributed by atoms with van der Waals surface area (Å²) in [4.78, 5) is 18.9. The number of rotatable bonds is 5. The number of aromatic nitrogens is 2. The van der Waals surface area contributed by atoms with Crippen LogP contribution in [0.3, 0.4) is 0 Å². The van der Waals surface area contributed by atoms with Gasteiger partial charge in [-0.25, -0.2) is 18.2 Å². The summed E-state index contributed by atoms with van der Waals surface area (Å²) in [6, 6.07) is 17.2. The second kappa shape index (κ2) is 7.23. The topological polar surface area (TPSA) is 112 Å². The minimum Gasteiger partial charge on any atom is -0.478 e. The number of para-hydroxylation sites is 1. The molecule has 0 aliphatic rings. The van der Waals surface area contributed by atoms with Crippen LogP contribution in [0.5, 0.6) is 0 Å². The molecule has 29 heavy (non-hydrogen) atoms. The molecule has 0 atom stereocenters. The molecular formula is C20H14ClN3O4S. The van der Waals surface area contributed by atoms with Crippen molar-refractivity contribution < 1.29 is 18.3 Å². The standard InChI is InChI=1S/C20H14ClN3O4S/c21-13-8-9-17-18(11-13)23-19(22-17)12-4-3-5-14(10-12)29(27,28)24-16-7-2-1-6-15(16)20(25)26/h1-11,24H,(H,22,23)(H,25,26). The molecule has 0 fully saturated rings. The van der Waals surface area contributed by atoms with E-state index in [0.717, 1.165) is 5.52 Å². The molecule has 4 rings (SSSR count). The molecule has 7 nitrogen and oxygen atoms in total. The highest BCUT2D eigenvalue weighted by atomic mass is 35.5. The molecule has 0 spiro atoms. The van der Waals surface area contributed by atoms with Gasteiger partial charge in [-0.2, -0.15) is 0 Å². The predicted molar refractivity (Wildman–Crippen MR) is 111 cm³/mol. The van der Waals surface area contributed by atoms with Crippen LogP contribution in [-0.2, 0) is 10.0 Å². The Morgan fingerprint density at radius 2 is 1.83 bits per heavy atom. The maximum absolute atomic E-state index is 12.8. The van der Waals surface area contributed by atoms with Crippen LogP contribution in [0.4, 0.5) is 5.69 Å². The first-order chi connectivity index (χ1) is 13.8. The number of hydrogen-bond acceptors (Lipinski definition) is 4. The molecule has 0 saturated heterocycles. The normalized spacial score (nSPS) is 11.5. The zero-order valence-electron chi connectivity index (χ0n) is 14.8. The number of nitrogens with one attached hydrogen (secondary N) is 2. The quantitative estimate of drug-likeness (QED) is 0.437. The van der Waals surface area contributed by atoms with Gasteiger partial charge in [0, 0.05) is 10.6 Å². The van der Waals surface area contributed by atoms with E-state index in [1.165, 1.54) is 30.3 Å². The van der Waals surface area contributed by atoms with Gasteiger partial charge in [0.15, 0.2) is 0 Å². The molecule has 3 aromatic carbocycles. The van der Waals surface area contributed by atoms with E-state index in [2.05, 4.69) is 14.7 Å². The maximum Gasteiger partial charge on any atom is 0.337 e. The first-order valence-electron chi connectivity index (χ1n) is 8.44. The molecule has 0 bridgehead atoms. The smallest absolute Gasteiger partial charge is 0.337 e. The Bertz CT molecular complexity index is 1350. The molecule has 0 amide bonds. The highest BCUT2D eigenvalue weighted by Crippen LogP contribution is 2.26. The number of hydrogen-bond donors (Lipinski definition) is 3. The van der Waals surface area contributed by atoms with E-state index >= 15 is 0 Å². The van der Waals surface area contributed by atoms with Crippen LogP contribution in [0.15, 0.2) is 71.6 Å². The van der Waals surface area contributed by atoms with Crippen molar-refractivity contribution >= 4 is 44.3 Å². The van der Waals surface area contributed by atoms with E-state index in [1.54, 1.807) is 36.4 Å². The number of carboxylic acids is 1. The van der Waals surface area contributed by atoms with E-state index in [4.69, 9.17) is 11.6 Å². The number of H-pyrrole nitrogens is 1. The maximum atomic E-state index is 12.8. The van der Waals surface area contributed by atoms with E-state index in [1.807, 2.05) is 0 Å². The zero-order chi connectivity index (χ0) is 20.6. The number of imidazole rings is 1. The van der Waals surface area contributed by atoms with Crippen molar-refractivity contribution in [2.45, 2.75) is 4.90 Å². The molecule has 146 valence electrons. The summed E-state index contributed by atoms with van der Waals surface area (Å²) < 4.78 is 28.0. The van der Waals surface area contributed by atoms with Crippen LogP contribution < -0.4 is 4.72 Å². The van der Waals surface area contributed by atoms with Crippen LogP contribution in [-0.4, -0.2) is 29.5 Å². The van der Waals surface area contributed by atoms with Crippen LogP contribution in [0.2, 0.25) is 5.02 Å². The van der Waals surface area contributed by atoms with Gasteiger partial charge in [-0.1, -0.05) is 35.9 Å². The Labute approximate surface area is 171 Å². The lowest BCUT2D eigenvalue weighted by Crippen LogP contribution is -2.15. The summed E-state index contributed by atoms with van der Waals surface area (Å²) in [7, 11) is -4.01. The summed E-state index contributed by atoms with van der Waals surface area (Å²) in [5, 5.41) is 9.81. The molecule has 9 heteroatoms. The number of sulfonamides is 1. The SMILES string of the molecule is O=C(O)c1ccccc1NS(=O)(=O)c1cccc(-c2nc3cc(Cl)ccc3[nH]2)c1. The van der Waals surface area contributed by atoms with E-state index in [9.17, 15) is 18.3 Å². The molecule has 4 aromatic rings. The number of nitrogens with zero attached hydrogens (tertiary/aromatic N) is 1. The third-order valence-corrected chi connectivity index (χ3v) is 5.86. The molecule has 0 aliphatic carbocycles. The van der Waals surface area contributed by atoms with Gasteiger partial charge >= 0.3 is 5.97 Å². The average Bonchev–Trinajstić information content (AvgIpc) is 3.11. The fourth-order valence-corrected chi connectivity index (χ4v) is 4.18. The summed E-state index contributed by atoms with van der Waals surface area (Å²) in [6.07, 6.45) is 0. The molecule has 1 aromatic heterocycles. The highest BCUT2D eigenvalue weighted by molar-refractivity contribution is 7.92. The number of benzene rings is 3. The van der Waals surface area contributed by atoms with Gasteiger partial charge < -0.3 is 10.1 Å². The molecule has 3 N–H and O–H groups in total. The van der Waals surface area contributed by atoms with E-state index in [-0.39, 0.29) is 16.1 Å². The van der Waals surface area contributed by atoms with E-state index < -0.39 is 16.0 Å². The molecular weight excluding hydrogens is 414 g/mol. The van der Waals surface area contributed by atoms with Gasteiger partial charge in [-0.05, 0) is 42.5 Å². The number of carbonyl (C=O) groups is 1. The number of anilines is 1. The fraction of sp³-hybridized carbons (Fsp3) is 0. The first kappa shape index (κ1) is 19.0. The Kier molecular flexibility index (Phi) is 4.73. The minimum absolute atomic E-state index is 0.0104. The van der Waals surface area contributed by atoms with Crippen molar-refractivity contribution in [3.05, 3.63) is 77.3 Å². The van der Waals surface area contributed by atoms with Crippen LogP contribution in [0, 0.1) is 0 Å². The van der Waals surface area contributed by atoms with Crippen LogP contribution >= 0.6 is 11.6 Å². The lowest BCUT2D eigenvalue weighted by atomic mass is 10.2.